The van der Waals surface area contributed by atoms with E-state index in [2.05, 4.69) is 10.00 Å². The molecule has 0 radical (unpaired) electrons. The molecule has 1 aromatic heterocycles. The number of carbonyl (C=O) groups excluding carboxylic acids is 1. The molecule has 16 heavy (non-hydrogen) atoms. The molecule has 1 heterocycles. The molecule has 0 spiro atoms. The van der Waals surface area contributed by atoms with Gasteiger partial charge in [-0.2, -0.15) is 5.10 Å². The van der Waals surface area contributed by atoms with Gasteiger partial charge < -0.3 is 14.4 Å². The first-order valence-corrected chi connectivity index (χ1v) is 5.36. The Labute approximate surface area is 96.0 Å². The van der Waals surface area contributed by atoms with Gasteiger partial charge in [0.1, 0.15) is 6.29 Å². The molecule has 0 aromatic carbocycles. The van der Waals surface area contributed by atoms with E-state index in [1.807, 2.05) is 18.8 Å². The second kappa shape index (κ2) is 6.27. The molecule has 0 bridgehead atoms. The number of nitrogens with zero attached hydrogens (tertiary/aromatic N) is 3. The molecule has 1 rings (SSSR count). The summed E-state index contributed by atoms with van der Waals surface area (Å²) in [4.78, 5) is 12.5. The molecule has 0 saturated heterocycles. The van der Waals surface area contributed by atoms with Crippen LogP contribution in [0.1, 0.15) is 12.1 Å². The molecule has 90 valence electrons. The summed E-state index contributed by atoms with van der Waals surface area (Å²) in [5, 5.41) is 4.26. The van der Waals surface area contributed by atoms with E-state index < -0.39 is 0 Å². The van der Waals surface area contributed by atoms with Crippen molar-refractivity contribution in [3.8, 4) is 5.75 Å². The SMILES string of the molecule is COc1cnn(CCN(C)C)c1CCC=O. The Morgan fingerprint density at radius 3 is 2.88 bits per heavy atom. The third-order valence-electron chi connectivity index (χ3n) is 2.39. The number of ether oxygens (including phenoxy) is 1. The highest BCUT2D eigenvalue weighted by atomic mass is 16.5. The maximum Gasteiger partial charge on any atom is 0.159 e. The van der Waals surface area contributed by atoms with E-state index in [-0.39, 0.29) is 0 Å². The number of aromatic nitrogens is 2. The molecule has 5 heteroatoms. The maximum absolute atomic E-state index is 10.4. The van der Waals surface area contributed by atoms with Gasteiger partial charge in [-0.3, -0.25) is 4.68 Å². The fraction of sp³-hybridized carbons (Fsp3) is 0.636. The van der Waals surface area contributed by atoms with E-state index in [4.69, 9.17) is 4.74 Å². The molecule has 1 aromatic rings. The van der Waals surface area contributed by atoms with E-state index in [9.17, 15) is 4.79 Å². The van der Waals surface area contributed by atoms with Crippen molar-refractivity contribution in [3.63, 3.8) is 0 Å². The number of methoxy groups -OCH3 is 1. The van der Waals surface area contributed by atoms with Crippen LogP contribution in [0.4, 0.5) is 0 Å². The van der Waals surface area contributed by atoms with Gasteiger partial charge >= 0.3 is 0 Å². The highest BCUT2D eigenvalue weighted by molar-refractivity contribution is 5.50. The lowest BCUT2D eigenvalue weighted by atomic mass is 10.2. The van der Waals surface area contributed by atoms with Crippen LogP contribution in [-0.4, -0.2) is 48.7 Å². The molecule has 0 unspecified atom stereocenters. The average molecular weight is 225 g/mol. The summed E-state index contributed by atoms with van der Waals surface area (Å²) in [7, 11) is 5.66. The van der Waals surface area contributed by atoms with Crippen molar-refractivity contribution >= 4 is 6.29 Å². The summed E-state index contributed by atoms with van der Waals surface area (Å²) in [6.07, 6.45) is 3.81. The lowest BCUT2D eigenvalue weighted by Crippen LogP contribution is -2.20. The normalized spacial score (nSPS) is 10.8. The topological polar surface area (TPSA) is 47.4 Å². The van der Waals surface area contributed by atoms with Crippen molar-refractivity contribution in [1.82, 2.24) is 14.7 Å². The Balaban J connectivity index is 2.73. The first-order valence-electron chi connectivity index (χ1n) is 5.36. The Hall–Kier alpha value is -1.36. The van der Waals surface area contributed by atoms with Crippen molar-refractivity contribution in [3.05, 3.63) is 11.9 Å². The van der Waals surface area contributed by atoms with Gasteiger partial charge in [0, 0.05) is 13.0 Å². The van der Waals surface area contributed by atoms with E-state index in [1.54, 1.807) is 13.3 Å². The minimum Gasteiger partial charge on any atom is -0.493 e. The van der Waals surface area contributed by atoms with Crippen molar-refractivity contribution in [2.24, 2.45) is 0 Å². The molecule has 0 aliphatic carbocycles. The van der Waals surface area contributed by atoms with Crippen molar-refractivity contribution in [1.29, 1.82) is 0 Å². The number of aldehydes is 1. The largest absolute Gasteiger partial charge is 0.493 e. The lowest BCUT2D eigenvalue weighted by Gasteiger charge is -2.12. The third-order valence-corrected chi connectivity index (χ3v) is 2.39. The second-order valence-electron chi connectivity index (χ2n) is 3.89. The molecule has 0 atom stereocenters. The van der Waals surface area contributed by atoms with Gasteiger partial charge in [0.25, 0.3) is 0 Å². The zero-order valence-electron chi connectivity index (χ0n) is 10.1. The van der Waals surface area contributed by atoms with Crippen LogP contribution in [0.15, 0.2) is 6.20 Å². The number of hydrogen-bond acceptors (Lipinski definition) is 4. The summed E-state index contributed by atoms with van der Waals surface area (Å²) in [5.74, 6) is 0.764. The van der Waals surface area contributed by atoms with Gasteiger partial charge in [-0.05, 0) is 20.5 Å². The van der Waals surface area contributed by atoms with Crippen LogP contribution in [0, 0.1) is 0 Å². The number of likely N-dealkylation sites (N-methyl/N-ethyl adjacent to an activating group) is 1. The monoisotopic (exact) mass is 225 g/mol. The van der Waals surface area contributed by atoms with E-state index >= 15 is 0 Å². The number of carbonyl (C=O) groups is 1. The van der Waals surface area contributed by atoms with Gasteiger partial charge in [0.2, 0.25) is 0 Å². The first-order chi connectivity index (χ1) is 7.69. The maximum atomic E-state index is 10.4. The highest BCUT2D eigenvalue weighted by Gasteiger charge is 2.10. The molecule has 0 fully saturated rings. The highest BCUT2D eigenvalue weighted by Crippen LogP contribution is 2.18. The van der Waals surface area contributed by atoms with Crippen molar-refractivity contribution in [2.75, 3.05) is 27.7 Å². The lowest BCUT2D eigenvalue weighted by molar-refractivity contribution is -0.107. The summed E-state index contributed by atoms with van der Waals surface area (Å²) in [6, 6.07) is 0. The Morgan fingerprint density at radius 2 is 2.31 bits per heavy atom. The quantitative estimate of drug-likeness (QED) is 0.637. The van der Waals surface area contributed by atoms with Crippen LogP contribution in [0.5, 0.6) is 5.75 Å². The summed E-state index contributed by atoms with van der Waals surface area (Å²) in [5.41, 5.74) is 0.997. The molecule has 0 amide bonds. The zero-order valence-corrected chi connectivity index (χ0v) is 10.1. The average Bonchev–Trinajstić information content (AvgIpc) is 2.65. The molecule has 0 N–H and O–H groups in total. The third kappa shape index (κ3) is 3.34. The van der Waals surface area contributed by atoms with Crippen LogP contribution in [0.3, 0.4) is 0 Å². The fourth-order valence-electron chi connectivity index (χ4n) is 1.50. The van der Waals surface area contributed by atoms with Crippen LogP contribution in [0.2, 0.25) is 0 Å². The van der Waals surface area contributed by atoms with Gasteiger partial charge in [-0.15, -0.1) is 0 Å². The van der Waals surface area contributed by atoms with Gasteiger partial charge in [-0.1, -0.05) is 0 Å². The molecule has 0 aliphatic rings. The van der Waals surface area contributed by atoms with Crippen LogP contribution in [0.25, 0.3) is 0 Å². The zero-order chi connectivity index (χ0) is 12.0. The smallest absolute Gasteiger partial charge is 0.159 e. The van der Waals surface area contributed by atoms with Crippen LogP contribution < -0.4 is 4.74 Å². The van der Waals surface area contributed by atoms with E-state index in [1.165, 1.54) is 0 Å². The van der Waals surface area contributed by atoms with Gasteiger partial charge in [0.15, 0.2) is 5.75 Å². The number of hydrogen-bond donors (Lipinski definition) is 0. The Kier molecular flexibility index (Phi) is 4.98. The number of rotatable bonds is 7. The molecule has 0 aliphatic heterocycles. The summed E-state index contributed by atoms with van der Waals surface area (Å²) < 4.78 is 7.12. The molecule has 0 saturated carbocycles. The Morgan fingerprint density at radius 1 is 1.56 bits per heavy atom. The molecule has 5 nitrogen and oxygen atoms in total. The minimum absolute atomic E-state index is 0.504. The first kappa shape index (κ1) is 12.7. The summed E-state index contributed by atoms with van der Waals surface area (Å²) >= 11 is 0. The van der Waals surface area contributed by atoms with Crippen molar-refractivity contribution < 1.29 is 9.53 Å². The summed E-state index contributed by atoms with van der Waals surface area (Å²) in [6.45, 7) is 1.73. The van der Waals surface area contributed by atoms with Crippen molar-refractivity contribution in [2.45, 2.75) is 19.4 Å². The van der Waals surface area contributed by atoms with Gasteiger partial charge in [-0.25, -0.2) is 0 Å². The predicted molar refractivity (Wildman–Crippen MR) is 61.7 cm³/mol. The molecular weight excluding hydrogens is 206 g/mol. The van der Waals surface area contributed by atoms with Crippen LogP contribution >= 0.6 is 0 Å². The van der Waals surface area contributed by atoms with Crippen LogP contribution in [-0.2, 0) is 17.8 Å². The predicted octanol–water partition coefficient (Wildman–Crippen LogP) is 0.585. The minimum atomic E-state index is 0.504. The van der Waals surface area contributed by atoms with E-state index in [0.29, 0.717) is 12.8 Å². The van der Waals surface area contributed by atoms with E-state index in [0.717, 1.165) is 30.8 Å². The Bertz CT molecular complexity index is 334. The van der Waals surface area contributed by atoms with Gasteiger partial charge in [0.05, 0.1) is 25.5 Å². The fourth-order valence-corrected chi connectivity index (χ4v) is 1.50. The standard InChI is InChI=1S/C11H19N3O2/c1-13(2)6-7-14-10(5-4-8-15)11(16-3)9-12-14/h8-9H,4-7H2,1-3H3. The second-order valence-corrected chi connectivity index (χ2v) is 3.89. The molecular formula is C11H19N3O2.